The van der Waals surface area contributed by atoms with E-state index in [-0.39, 0.29) is 11.8 Å². The fourth-order valence-corrected chi connectivity index (χ4v) is 4.53. The number of fused-ring (bicyclic) bond motifs is 2. The number of carbonyl (C=O) groups excluding carboxylic acids is 1. The van der Waals surface area contributed by atoms with Crippen LogP contribution in [0.2, 0.25) is 0 Å². The van der Waals surface area contributed by atoms with Crippen molar-refractivity contribution in [3.05, 3.63) is 42.6 Å². The number of benzene rings is 1. The van der Waals surface area contributed by atoms with Crippen molar-refractivity contribution in [2.75, 3.05) is 38.8 Å². The van der Waals surface area contributed by atoms with E-state index in [1.807, 2.05) is 30.3 Å². The number of ether oxygens (including phenoxy) is 2. The summed E-state index contributed by atoms with van der Waals surface area (Å²) in [4.78, 5) is 24.1. The van der Waals surface area contributed by atoms with Gasteiger partial charge in [0.1, 0.15) is 11.5 Å². The molecule has 1 amide bonds. The van der Waals surface area contributed by atoms with E-state index in [2.05, 4.69) is 21.3 Å². The van der Waals surface area contributed by atoms with Gasteiger partial charge in [-0.2, -0.15) is 0 Å². The molecule has 4 heterocycles. The van der Waals surface area contributed by atoms with Crippen LogP contribution in [0, 0.1) is 11.8 Å². The maximum absolute atomic E-state index is 12.4. The molecule has 2 aromatic heterocycles. The van der Waals surface area contributed by atoms with E-state index in [9.17, 15) is 4.79 Å². The summed E-state index contributed by atoms with van der Waals surface area (Å²) in [5.74, 6) is 2.07. The molecule has 2 unspecified atom stereocenters. The Morgan fingerprint density at radius 3 is 2.60 bits per heavy atom. The topological polar surface area (TPSA) is 76.6 Å². The molecular formula is C23H24N4O3. The minimum Gasteiger partial charge on any atom is -0.497 e. The molecule has 2 aliphatic rings. The van der Waals surface area contributed by atoms with E-state index >= 15 is 0 Å². The SMILES string of the molecule is COc1ccc(-c2cc(N3CC4CCNC(=O)C4C3)c3ccc(OC)cc3n2)nc1. The highest BCUT2D eigenvalue weighted by Crippen LogP contribution is 2.38. The van der Waals surface area contributed by atoms with Gasteiger partial charge in [-0.05, 0) is 42.7 Å². The number of piperidine rings is 1. The molecule has 7 nitrogen and oxygen atoms in total. The molecule has 0 spiro atoms. The molecule has 5 rings (SSSR count). The summed E-state index contributed by atoms with van der Waals surface area (Å²) >= 11 is 0. The first-order valence-corrected chi connectivity index (χ1v) is 10.2. The number of nitrogens with one attached hydrogen (secondary N) is 1. The Balaban J connectivity index is 1.61. The molecule has 2 atom stereocenters. The first-order chi connectivity index (χ1) is 14.7. The number of carbonyl (C=O) groups is 1. The number of pyridine rings is 2. The third-order valence-corrected chi connectivity index (χ3v) is 6.16. The Morgan fingerprint density at radius 2 is 1.87 bits per heavy atom. The van der Waals surface area contributed by atoms with E-state index in [0.29, 0.717) is 11.7 Å². The predicted molar refractivity (Wildman–Crippen MR) is 115 cm³/mol. The third kappa shape index (κ3) is 3.20. The molecule has 3 aromatic rings. The summed E-state index contributed by atoms with van der Waals surface area (Å²) in [5, 5.41) is 4.06. The zero-order valence-electron chi connectivity index (χ0n) is 17.1. The zero-order valence-corrected chi connectivity index (χ0v) is 17.1. The predicted octanol–water partition coefficient (Wildman–Crippen LogP) is 2.89. The molecule has 0 bridgehead atoms. The molecular weight excluding hydrogens is 380 g/mol. The van der Waals surface area contributed by atoms with Gasteiger partial charge in [-0.15, -0.1) is 0 Å². The average Bonchev–Trinajstić information content (AvgIpc) is 3.23. The van der Waals surface area contributed by atoms with Crippen LogP contribution in [0.4, 0.5) is 5.69 Å². The summed E-state index contributed by atoms with van der Waals surface area (Å²) in [6.45, 7) is 2.36. The number of anilines is 1. The van der Waals surface area contributed by atoms with Crippen molar-refractivity contribution < 1.29 is 14.3 Å². The van der Waals surface area contributed by atoms with Crippen LogP contribution >= 0.6 is 0 Å². The third-order valence-electron chi connectivity index (χ3n) is 6.16. The Morgan fingerprint density at radius 1 is 1.03 bits per heavy atom. The highest BCUT2D eigenvalue weighted by Gasteiger charge is 2.40. The molecule has 30 heavy (non-hydrogen) atoms. The van der Waals surface area contributed by atoms with Crippen molar-refractivity contribution in [1.82, 2.24) is 15.3 Å². The normalized spacial score (nSPS) is 20.7. The van der Waals surface area contributed by atoms with E-state index in [1.165, 1.54) is 0 Å². The molecule has 2 fully saturated rings. The number of hydrogen-bond donors (Lipinski definition) is 1. The lowest BCUT2D eigenvalue weighted by atomic mass is 9.89. The van der Waals surface area contributed by atoms with Crippen LogP contribution in [0.3, 0.4) is 0 Å². The smallest absolute Gasteiger partial charge is 0.225 e. The maximum atomic E-state index is 12.4. The van der Waals surface area contributed by atoms with Gasteiger partial charge in [-0.1, -0.05) is 0 Å². The second-order valence-corrected chi connectivity index (χ2v) is 7.84. The van der Waals surface area contributed by atoms with Crippen LogP contribution in [-0.4, -0.2) is 49.7 Å². The number of aromatic nitrogens is 2. The lowest BCUT2D eigenvalue weighted by Crippen LogP contribution is -2.41. The van der Waals surface area contributed by atoms with Crippen LogP contribution in [0.25, 0.3) is 22.3 Å². The van der Waals surface area contributed by atoms with Gasteiger partial charge >= 0.3 is 0 Å². The van der Waals surface area contributed by atoms with Gasteiger partial charge in [0.25, 0.3) is 0 Å². The molecule has 154 valence electrons. The molecule has 1 N–H and O–H groups in total. The molecule has 0 radical (unpaired) electrons. The second-order valence-electron chi connectivity index (χ2n) is 7.84. The molecule has 0 aliphatic carbocycles. The van der Waals surface area contributed by atoms with E-state index in [0.717, 1.165) is 59.8 Å². The van der Waals surface area contributed by atoms with E-state index in [1.54, 1.807) is 20.4 Å². The molecule has 0 saturated carbocycles. The first-order valence-electron chi connectivity index (χ1n) is 10.2. The van der Waals surface area contributed by atoms with Gasteiger partial charge in [0.2, 0.25) is 5.91 Å². The van der Waals surface area contributed by atoms with E-state index in [4.69, 9.17) is 14.5 Å². The quantitative estimate of drug-likeness (QED) is 0.721. The van der Waals surface area contributed by atoms with E-state index < -0.39 is 0 Å². The average molecular weight is 404 g/mol. The summed E-state index contributed by atoms with van der Waals surface area (Å²) in [6, 6.07) is 11.8. The number of rotatable bonds is 4. The minimum absolute atomic E-state index is 0.0442. The Labute approximate surface area is 175 Å². The standard InChI is InChI=1S/C23H24N4O3/c1-29-15-3-5-17-20(9-15)26-21(19-6-4-16(30-2)11-25-19)10-22(17)27-12-14-7-8-24-23(28)18(14)13-27/h3-6,9-11,14,18H,7-8,12-13H2,1-2H3,(H,24,28). The largest absolute Gasteiger partial charge is 0.497 e. The molecule has 1 aromatic carbocycles. The van der Waals surface area contributed by atoms with Crippen LogP contribution in [0.5, 0.6) is 11.5 Å². The highest BCUT2D eigenvalue weighted by molar-refractivity contribution is 5.95. The van der Waals surface area contributed by atoms with Crippen molar-refractivity contribution >= 4 is 22.5 Å². The Bertz CT molecular complexity index is 1100. The fraction of sp³-hybridized carbons (Fsp3) is 0.348. The number of methoxy groups -OCH3 is 2. The Kier molecular flexibility index (Phi) is 4.65. The molecule has 7 heteroatoms. The second kappa shape index (κ2) is 7.48. The van der Waals surface area contributed by atoms with Gasteiger partial charge in [0.15, 0.2) is 0 Å². The Hall–Kier alpha value is -3.35. The highest BCUT2D eigenvalue weighted by atomic mass is 16.5. The first kappa shape index (κ1) is 18.7. The number of hydrogen-bond acceptors (Lipinski definition) is 6. The number of amides is 1. The van der Waals surface area contributed by atoms with Crippen molar-refractivity contribution in [2.45, 2.75) is 6.42 Å². The van der Waals surface area contributed by atoms with Gasteiger partial charge in [0.05, 0.1) is 43.2 Å². The molecule has 2 aliphatic heterocycles. The van der Waals surface area contributed by atoms with Crippen molar-refractivity contribution in [2.24, 2.45) is 11.8 Å². The van der Waals surface area contributed by atoms with Gasteiger partial charge < -0.3 is 19.7 Å². The van der Waals surface area contributed by atoms with Crippen LogP contribution in [-0.2, 0) is 4.79 Å². The van der Waals surface area contributed by atoms with Gasteiger partial charge in [-0.3, -0.25) is 9.78 Å². The summed E-state index contributed by atoms with van der Waals surface area (Å²) in [7, 11) is 3.28. The van der Waals surface area contributed by atoms with Crippen molar-refractivity contribution in [1.29, 1.82) is 0 Å². The van der Waals surface area contributed by atoms with Gasteiger partial charge in [0, 0.05) is 36.8 Å². The van der Waals surface area contributed by atoms with Crippen LogP contribution in [0.15, 0.2) is 42.6 Å². The summed E-state index contributed by atoms with van der Waals surface area (Å²) < 4.78 is 10.6. The van der Waals surface area contributed by atoms with Crippen LogP contribution < -0.4 is 19.7 Å². The van der Waals surface area contributed by atoms with Crippen molar-refractivity contribution in [3.63, 3.8) is 0 Å². The summed E-state index contributed by atoms with van der Waals surface area (Å²) in [6.07, 6.45) is 2.72. The minimum atomic E-state index is 0.0442. The van der Waals surface area contributed by atoms with Gasteiger partial charge in [-0.25, -0.2) is 4.98 Å². The summed E-state index contributed by atoms with van der Waals surface area (Å²) in [5.41, 5.74) is 3.49. The lowest BCUT2D eigenvalue weighted by molar-refractivity contribution is -0.127. The monoisotopic (exact) mass is 404 g/mol. The van der Waals surface area contributed by atoms with Crippen molar-refractivity contribution in [3.8, 4) is 22.9 Å². The fourth-order valence-electron chi connectivity index (χ4n) is 4.53. The zero-order chi connectivity index (χ0) is 20.7. The van der Waals surface area contributed by atoms with Crippen LogP contribution in [0.1, 0.15) is 6.42 Å². The molecule has 2 saturated heterocycles. The lowest BCUT2D eigenvalue weighted by Gasteiger charge is -2.23. The number of nitrogens with zero attached hydrogens (tertiary/aromatic N) is 3. The maximum Gasteiger partial charge on any atom is 0.225 e.